The lowest BCUT2D eigenvalue weighted by atomic mass is 10.2. The van der Waals surface area contributed by atoms with E-state index in [1.807, 2.05) is 0 Å². The molecule has 5 heteroatoms. The number of carbonyl (C=O) groups is 1. The van der Waals surface area contributed by atoms with Gasteiger partial charge in [-0.3, -0.25) is 0 Å². The van der Waals surface area contributed by atoms with Gasteiger partial charge in [0.25, 0.3) is 0 Å². The number of nitrogens with zero attached hydrogens (tertiary/aromatic N) is 2. The van der Waals surface area contributed by atoms with Gasteiger partial charge in [-0.05, 0) is 13.3 Å². The number of hydrogen-bond acceptors (Lipinski definition) is 5. The fourth-order valence-electron chi connectivity index (χ4n) is 1.22. The maximum Gasteiger partial charge on any atom is 0.345 e. The van der Waals surface area contributed by atoms with Crippen molar-refractivity contribution >= 4 is 5.97 Å². The summed E-state index contributed by atoms with van der Waals surface area (Å²) in [6, 6.07) is 0. The van der Waals surface area contributed by atoms with E-state index in [1.165, 1.54) is 6.20 Å². The molecule has 0 aliphatic heterocycles. The van der Waals surface area contributed by atoms with Crippen molar-refractivity contribution in [3.8, 4) is 5.88 Å². The van der Waals surface area contributed by atoms with Gasteiger partial charge >= 0.3 is 5.97 Å². The highest BCUT2D eigenvalue weighted by atomic mass is 16.5. The monoisotopic (exact) mass is 224 g/mol. The van der Waals surface area contributed by atoms with Crippen molar-refractivity contribution in [2.75, 3.05) is 6.61 Å². The predicted octanol–water partition coefficient (Wildman–Crippen LogP) is 1.70. The van der Waals surface area contributed by atoms with Crippen LogP contribution >= 0.6 is 0 Å². The van der Waals surface area contributed by atoms with Gasteiger partial charge in [-0.1, -0.05) is 13.3 Å². The third-order valence-electron chi connectivity index (χ3n) is 2.07. The molecule has 0 saturated carbocycles. The van der Waals surface area contributed by atoms with Crippen LogP contribution in [0, 0.1) is 0 Å². The Hall–Kier alpha value is -1.65. The molecule has 1 heterocycles. The minimum Gasteiger partial charge on any atom is -0.493 e. The van der Waals surface area contributed by atoms with Crippen LogP contribution in [0.2, 0.25) is 0 Å². The molecule has 0 bridgehead atoms. The molecule has 0 unspecified atom stereocenters. The van der Waals surface area contributed by atoms with E-state index in [-0.39, 0.29) is 18.1 Å². The number of aromatic hydroxyl groups is 1. The van der Waals surface area contributed by atoms with Crippen molar-refractivity contribution in [2.24, 2.45) is 0 Å². The van der Waals surface area contributed by atoms with Gasteiger partial charge in [0.05, 0.1) is 6.61 Å². The second-order valence-electron chi connectivity index (χ2n) is 3.35. The van der Waals surface area contributed by atoms with Gasteiger partial charge in [0.1, 0.15) is 11.4 Å². The van der Waals surface area contributed by atoms with Gasteiger partial charge in [-0.2, -0.15) is 4.98 Å². The van der Waals surface area contributed by atoms with Crippen LogP contribution in [-0.2, 0) is 11.2 Å². The molecule has 0 atom stereocenters. The predicted molar refractivity (Wildman–Crippen MR) is 58.3 cm³/mol. The van der Waals surface area contributed by atoms with Crippen LogP contribution in [0.5, 0.6) is 5.88 Å². The number of aryl methyl sites for hydroxylation is 1. The number of aromatic nitrogens is 2. The molecule has 0 aliphatic carbocycles. The third kappa shape index (κ3) is 3.18. The first-order valence-corrected chi connectivity index (χ1v) is 5.41. The Morgan fingerprint density at radius 2 is 2.25 bits per heavy atom. The summed E-state index contributed by atoms with van der Waals surface area (Å²) in [6.07, 6.45) is 4.00. The SMILES string of the molecule is CCCCc1ncc(C(=O)OCC)c(O)n1. The van der Waals surface area contributed by atoms with Crippen LogP contribution in [-0.4, -0.2) is 27.7 Å². The lowest BCUT2D eigenvalue weighted by molar-refractivity contribution is 0.0521. The fraction of sp³-hybridized carbons (Fsp3) is 0.545. The highest BCUT2D eigenvalue weighted by Crippen LogP contribution is 2.14. The molecule has 0 aliphatic rings. The molecular formula is C11H16N2O3. The first kappa shape index (κ1) is 12.4. The Morgan fingerprint density at radius 1 is 1.50 bits per heavy atom. The lowest BCUT2D eigenvalue weighted by Gasteiger charge is -2.04. The molecular weight excluding hydrogens is 208 g/mol. The zero-order chi connectivity index (χ0) is 12.0. The molecule has 0 saturated heterocycles. The van der Waals surface area contributed by atoms with Gasteiger partial charge in [0.2, 0.25) is 5.88 Å². The van der Waals surface area contributed by atoms with Crippen molar-refractivity contribution in [3.05, 3.63) is 17.6 Å². The lowest BCUT2D eigenvalue weighted by Crippen LogP contribution is -2.08. The van der Waals surface area contributed by atoms with Gasteiger partial charge in [-0.15, -0.1) is 0 Å². The summed E-state index contributed by atoms with van der Waals surface area (Å²) in [7, 11) is 0. The summed E-state index contributed by atoms with van der Waals surface area (Å²) < 4.78 is 4.75. The first-order valence-electron chi connectivity index (χ1n) is 5.41. The Labute approximate surface area is 94.5 Å². The van der Waals surface area contributed by atoms with E-state index in [9.17, 15) is 9.90 Å². The van der Waals surface area contributed by atoms with E-state index in [0.717, 1.165) is 12.8 Å². The van der Waals surface area contributed by atoms with E-state index < -0.39 is 5.97 Å². The summed E-state index contributed by atoms with van der Waals surface area (Å²) in [6.45, 7) is 4.02. The summed E-state index contributed by atoms with van der Waals surface area (Å²) in [5.41, 5.74) is 0.0158. The van der Waals surface area contributed by atoms with E-state index in [0.29, 0.717) is 12.2 Å². The quantitative estimate of drug-likeness (QED) is 0.771. The zero-order valence-corrected chi connectivity index (χ0v) is 9.56. The summed E-state index contributed by atoms with van der Waals surface area (Å²) in [5.74, 6) is -0.353. The molecule has 0 spiro atoms. The fourth-order valence-corrected chi connectivity index (χ4v) is 1.22. The number of ether oxygens (including phenoxy) is 1. The summed E-state index contributed by atoms with van der Waals surface area (Å²) in [4.78, 5) is 19.2. The molecule has 1 N–H and O–H groups in total. The Bertz CT molecular complexity index is 366. The molecule has 1 aromatic heterocycles. The van der Waals surface area contributed by atoms with Crippen molar-refractivity contribution in [1.82, 2.24) is 9.97 Å². The smallest absolute Gasteiger partial charge is 0.345 e. The normalized spacial score (nSPS) is 10.1. The zero-order valence-electron chi connectivity index (χ0n) is 9.56. The van der Waals surface area contributed by atoms with Gasteiger partial charge < -0.3 is 9.84 Å². The van der Waals surface area contributed by atoms with E-state index in [1.54, 1.807) is 6.92 Å². The van der Waals surface area contributed by atoms with Gasteiger partial charge in [-0.25, -0.2) is 9.78 Å². The number of rotatable bonds is 5. The summed E-state index contributed by atoms with van der Waals surface area (Å²) >= 11 is 0. The standard InChI is InChI=1S/C11H16N2O3/c1-3-5-6-9-12-7-8(10(14)13-9)11(15)16-4-2/h7H,3-6H2,1-2H3,(H,12,13,14). The van der Waals surface area contributed by atoms with Crippen molar-refractivity contribution in [2.45, 2.75) is 33.1 Å². The number of esters is 1. The molecule has 16 heavy (non-hydrogen) atoms. The Kier molecular flexibility index (Phi) is 4.69. The average molecular weight is 224 g/mol. The van der Waals surface area contributed by atoms with Gasteiger partial charge in [0, 0.05) is 12.6 Å². The second-order valence-corrected chi connectivity index (χ2v) is 3.35. The molecule has 1 rings (SSSR count). The van der Waals surface area contributed by atoms with Crippen LogP contribution < -0.4 is 0 Å². The van der Waals surface area contributed by atoms with Crippen LogP contribution in [0.4, 0.5) is 0 Å². The Morgan fingerprint density at radius 3 is 2.81 bits per heavy atom. The topological polar surface area (TPSA) is 72.3 Å². The molecule has 0 fully saturated rings. The summed E-state index contributed by atoms with van der Waals surface area (Å²) in [5, 5.41) is 9.54. The largest absolute Gasteiger partial charge is 0.493 e. The minimum atomic E-state index is -0.595. The van der Waals surface area contributed by atoms with Crippen molar-refractivity contribution in [1.29, 1.82) is 0 Å². The first-order chi connectivity index (χ1) is 7.69. The highest BCUT2D eigenvalue weighted by molar-refractivity contribution is 5.91. The average Bonchev–Trinajstić information content (AvgIpc) is 2.26. The molecule has 5 nitrogen and oxygen atoms in total. The minimum absolute atomic E-state index is 0.0158. The van der Waals surface area contributed by atoms with E-state index in [4.69, 9.17) is 4.74 Å². The molecule has 0 amide bonds. The van der Waals surface area contributed by atoms with E-state index in [2.05, 4.69) is 16.9 Å². The van der Waals surface area contributed by atoms with Crippen LogP contribution in [0.1, 0.15) is 42.9 Å². The van der Waals surface area contributed by atoms with Crippen LogP contribution in [0.3, 0.4) is 0 Å². The maximum absolute atomic E-state index is 11.3. The van der Waals surface area contributed by atoms with E-state index >= 15 is 0 Å². The second kappa shape index (κ2) is 6.05. The number of hydrogen-bond donors (Lipinski definition) is 1. The maximum atomic E-state index is 11.3. The van der Waals surface area contributed by atoms with Crippen molar-refractivity contribution < 1.29 is 14.6 Å². The number of carbonyl (C=O) groups excluding carboxylic acids is 1. The van der Waals surface area contributed by atoms with Gasteiger partial charge in [0.15, 0.2) is 0 Å². The molecule has 0 radical (unpaired) electrons. The third-order valence-corrected chi connectivity index (χ3v) is 2.07. The Balaban J connectivity index is 2.78. The number of unbranched alkanes of at least 4 members (excludes halogenated alkanes) is 1. The van der Waals surface area contributed by atoms with Crippen molar-refractivity contribution in [3.63, 3.8) is 0 Å². The molecule has 1 aromatic rings. The van der Waals surface area contributed by atoms with Crippen LogP contribution in [0.25, 0.3) is 0 Å². The molecule has 88 valence electrons. The van der Waals surface area contributed by atoms with Crippen LogP contribution in [0.15, 0.2) is 6.20 Å². The highest BCUT2D eigenvalue weighted by Gasteiger charge is 2.14. The molecule has 0 aromatic carbocycles.